The van der Waals surface area contributed by atoms with E-state index in [1.807, 2.05) is 30.8 Å². The van der Waals surface area contributed by atoms with Crippen LogP contribution in [0.15, 0.2) is 52.0 Å². The number of hydrogen-bond donors (Lipinski definition) is 1. The highest BCUT2D eigenvalue weighted by Gasteiger charge is 2.11. The van der Waals surface area contributed by atoms with Crippen LogP contribution >= 0.6 is 24.4 Å². The summed E-state index contributed by atoms with van der Waals surface area (Å²) in [4.78, 5) is 1.23. The highest BCUT2D eigenvalue weighted by molar-refractivity contribution is 7.99. The predicted molar refractivity (Wildman–Crippen MR) is 77.2 cm³/mol. The Hall–Kier alpha value is -0.800. The normalized spacial score (nSPS) is 12.6. The molecule has 90 valence electrons. The van der Waals surface area contributed by atoms with E-state index in [-0.39, 0.29) is 0 Å². The minimum absolute atomic E-state index is 0.485. The molecule has 1 nitrogen and oxygen atoms in total. The van der Waals surface area contributed by atoms with Crippen molar-refractivity contribution >= 4 is 24.4 Å². The fourth-order valence-electron chi connectivity index (χ4n) is 1.69. The maximum absolute atomic E-state index is 5.30. The number of hydrogen-bond acceptors (Lipinski definition) is 3. The van der Waals surface area contributed by atoms with Crippen molar-refractivity contribution in [1.82, 2.24) is 0 Å². The first-order valence-corrected chi connectivity index (χ1v) is 7.25. The van der Waals surface area contributed by atoms with Crippen LogP contribution in [0.2, 0.25) is 0 Å². The van der Waals surface area contributed by atoms with Gasteiger partial charge in [0.15, 0.2) is 0 Å². The molecule has 2 rings (SSSR count). The summed E-state index contributed by atoms with van der Waals surface area (Å²) in [6.45, 7) is 2.00. The molecule has 0 spiro atoms. The average molecular weight is 264 g/mol. The number of aryl methyl sites for hydroxylation is 1. The van der Waals surface area contributed by atoms with Crippen molar-refractivity contribution in [3.05, 3.63) is 54.0 Å². The zero-order valence-corrected chi connectivity index (χ0v) is 11.5. The van der Waals surface area contributed by atoms with Gasteiger partial charge in [0.1, 0.15) is 5.76 Å². The maximum Gasteiger partial charge on any atom is 0.114 e. The van der Waals surface area contributed by atoms with Crippen LogP contribution in [0.3, 0.4) is 0 Å². The Morgan fingerprint density at radius 2 is 2.00 bits per heavy atom. The largest absolute Gasteiger partial charge is 0.468 e. The van der Waals surface area contributed by atoms with Crippen molar-refractivity contribution in [2.45, 2.75) is 17.7 Å². The minimum Gasteiger partial charge on any atom is -0.468 e. The van der Waals surface area contributed by atoms with Crippen molar-refractivity contribution < 1.29 is 4.42 Å². The molecule has 0 aliphatic rings. The molecule has 0 aliphatic heterocycles. The summed E-state index contributed by atoms with van der Waals surface area (Å²) in [6.07, 6.45) is 1.75. The van der Waals surface area contributed by atoms with E-state index in [1.165, 1.54) is 10.5 Å². The molecule has 1 heterocycles. The Balaban J connectivity index is 1.99. The molecule has 0 bridgehead atoms. The number of benzene rings is 1. The minimum atomic E-state index is 0.485. The zero-order valence-electron chi connectivity index (χ0n) is 9.80. The van der Waals surface area contributed by atoms with Gasteiger partial charge in [0.05, 0.1) is 6.26 Å². The molecule has 1 atom stereocenters. The first-order chi connectivity index (χ1) is 8.31. The molecule has 0 saturated heterocycles. The maximum atomic E-state index is 5.30. The summed E-state index contributed by atoms with van der Waals surface area (Å²) in [5, 5.41) is 0. The van der Waals surface area contributed by atoms with Gasteiger partial charge in [-0.2, -0.15) is 12.6 Å². The van der Waals surface area contributed by atoms with E-state index in [0.29, 0.717) is 5.92 Å². The molecule has 0 amide bonds. The Bertz CT molecular complexity index is 450. The summed E-state index contributed by atoms with van der Waals surface area (Å²) in [6, 6.07) is 12.6. The number of furan rings is 1. The molecule has 17 heavy (non-hydrogen) atoms. The summed E-state index contributed by atoms with van der Waals surface area (Å²) >= 11 is 6.29. The van der Waals surface area contributed by atoms with Crippen LogP contribution in [0.25, 0.3) is 0 Å². The predicted octanol–water partition coefficient (Wildman–Crippen LogP) is 4.39. The van der Waals surface area contributed by atoms with Gasteiger partial charge >= 0.3 is 0 Å². The lowest BCUT2D eigenvalue weighted by Crippen LogP contribution is -2.03. The van der Waals surface area contributed by atoms with Gasteiger partial charge in [-0.05, 0) is 24.3 Å². The van der Waals surface area contributed by atoms with Crippen LogP contribution in [-0.4, -0.2) is 11.5 Å². The Morgan fingerprint density at radius 1 is 1.24 bits per heavy atom. The second kappa shape index (κ2) is 6.22. The van der Waals surface area contributed by atoms with Crippen molar-refractivity contribution in [3.8, 4) is 0 Å². The van der Waals surface area contributed by atoms with Crippen LogP contribution in [0.5, 0.6) is 0 Å². The van der Waals surface area contributed by atoms with Gasteiger partial charge in [-0.3, -0.25) is 0 Å². The monoisotopic (exact) mass is 264 g/mol. The second-order valence-corrected chi connectivity index (χ2v) is 5.37. The standard InChI is InChI=1S/C14H16OS2/c1-11-14(7-8-15-11)17-10-13(9-16)12-5-3-2-4-6-12/h2-8,13,16H,9-10H2,1H3. The third-order valence-corrected chi connectivity index (χ3v) is 4.49. The molecule has 0 radical (unpaired) electrons. The fraction of sp³-hybridized carbons (Fsp3) is 0.286. The van der Waals surface area contributed by atoms with E-state index >= 15 is 0 Å². The molecule has 0 saturated carbocycles. The molecule has 1 aromatic carbocycles. The average Bonchev–Trinajstić information content (AvgIpc) is 2.77. The Labute approximate surface area is 112 Å². The summed E-state index contributed by atoms with van der Waals surface area (Å²) in [5.74, 6) is 3.39. The van der Waals surface area contributed by atoms with Gasteiger partial charge < -0.3 is 4.42 Å². The lowest BCUT2D eigenvalue weighted by molar-refractivity contribution is 0.527. The summed E-state index contributed by atoms with van der Waals surface area (Å²) in [7, 11) is 0. The third kappa shape index (κ3) is 3.33. The van der Waals surface area contributed by atoms with Crippen molar-refractivity contribution in [2.24, 2.45) is 0 Å². The number of rotatable bonds is 5. The van der Waals surface area contributed by atoms with E-state index in [0.717, 1.165) is 17.3 Å². The highest BCUT2D eigenvalue weighted by Crippen LogP contribution is 2.29. The van der Waals surface area contributed by atoms with Crippen molar-refractivity contribution in [1.29, 1.82) is 0 Å². The van der Waals surface area contributed by atoms with Gasteiger partial charge in [0.25, 0.3) is 0 Å². The SMILES string of the molecule is Cc1occc1SCC(CS)c1ccccc1. The molecule has 0 N–H and O–H groups in total. The van der Waals surface area contributed by atoms with Crippen LogP contribution in [0.1, 0.15) is 17.2 Å². The molecule has 3 heteroatoms. The summed E-state index contributed by atoms with van der Waals surface area (Å²) in [5.41, 5.74) is 1.36. The summed E-state index contributed by atoms with van der Waals surface area (Å²) < 4.78 is 5.30. The second-order valence-electron chi connectivity index (χ2n) is 3.94. The molecule has 0 aliphatic carbocycles. The number of thiol groups is 1. The van der Waals surface area contributed by atoms with E-state index in [9.17, 15) is 0 Å². The first-order valence-electron chi connectivity index (χ1n) is 5.64. The van der Waals surface area contributed by atoms with E-state index < -0.39 is 0 Å². The molecular weight excluding hydrogens is 248 g/mol. The van der Waals surface area contributed by atoms with Crippen molar-refractivity contribution in [3.63, 3.8) is 0 Å². The quantitative estimate of drug-likeness (QED) is 0.635. The van der Waals surface area contributed by atoms with Crippen LogP contribution < -0.4 is 0 Å². The van der Waals surface area contributed by atoms with E-state index in [1.54, 1.807) is 6.26 Å². The Kier molecular flexibility index (Phi) is 4.63. The van der Waals surface area contributed by atoms with Gasteiger partial charge in [0.2, 0.25) is 0 Å². The van der Waals surface area contributed by atoms with Gasteiger partial charge in [0, 0.05) is 16.6 Å². The van der Waals surface area contributed by atoms with Crippen LogP contribution in [-0.2, 0) is 0 Å². The van der Waals surface area contributed by atoms with E-state index in [2.05, 4.69) is 36.9 Å². The van der Waals surface area contributed by atoms with Crippen molar-refractivity contribution in [2.75, 3.05) is 11.5 Å². The van der Waals surface area contributed by atoms with Gasteiger partial charge in [-0.1, -0.05) is 30.3 Å². The van der Waals surface area contributed by atoms with Gasteiger partial charge in [-0.15, -0.1) is 11.8 Å². The lowest BCUT2D eigenvalue weighted by Gasteiger charge is -2.13. The molecule has 1 unspecified atom stereocenters. The fourth-order valence-corrected chi connectivity index (χ4v) is 3.30. The van der Waals surface area contributed by atoms with Crippen LogP contribution in [0.4, 0.5) is 0 Å². The molecule has 2 aromatic rings. The van der Waals surface area contributed by atoms with E-state index in [4.69, 9.17) is 4.42 Å². The molecule has 0 fully saturated rings. The zero-order chi connectivity index (χ0) is 12.1. The number of thioether (sulfide) groups is 1. The Morgan fingerprint density at radius 3 is 2.59 bits per heavy atom. The lowest BCUT2D eigenvalue weighted by atomic mass is 10.0. The molecule has 1 aromatic heterocycles. The third-order valence-electron chi connectivity index (χ3n) is 2.74. The smallest absolute Gasteiger partial charge is 0.114 e. The topological polar surface area (TPSA) is 13.1 Å². The highest BCUT2D eigenvalue weighted by atomic mass is 32.2. The van der Waals surface area contributed by atoms with Gasteiger partial charge in [-0.25, -0.2) is 0 Å². The first kappa shape index (κ1) is 12.7. The van der Waals surface area contributed by atoms with Crippen LogP contribution in [0, 0.1) is 6.92 Å². The molecular formula is C14H16OS2.